The largest absolute Gasteiger partial charge is 0.391 e. The zero-order valence-electron chi connectivity index (χ0n) is 12.7. The number of likely N-dealkylation sites (tertiary alicyclic amines) is 1. The molecule has 0 aliphatic carbocycles. The molecule has 1 atom stereocenters. The first kappa shape index (κ1) is 15.7. The average molecular weight is 293 g/mol. The van der Waals surface area contributed by atoms with Gasteiger partial charge in [0.15, 0.2) is 0 Å². The maximum Gasteiger partial charge on any atom is 0.275 e. The number of aliphatic hydroxyl groups excluding tert-OH is 1. The highest BCUT2D eigenvalue weighted by Gasteiger charge is 2.24. The molecule has 0 spiro atoms. The Kier molecular flexibility index (Phi) is 5.14. The van der Waals surface area contributed by atoms with E-state index in [1.54, 1.807) is 12.1 Å². The van der Waals surface area contributed by atoms with E-state index in [0.29, 0.717) is 11.6 Å². The second kappa shape index (κ2) is 6.87. The van der Waals surface area contributed by atoms with Crippen LogP contribution in [0.3, 0.4) is 0 Å². The van der Waals surface area contributed by atoms with Crippen LogP contribution in [0.15, 0.2) is 18.2 Å². The third kappa shape index (κ3) is 3.51. The molecule has 1 aliphatic heterocycles. The van der Waals surface area contributed by atoms with Crippen LogP contribution in [0.1, 0.15) is 25.3 Å². The number of aliphatic hydroxyl groups is 1. The smallest absolute Gasteiger partial charge is 0.275 e. The van der Waals surface area contributed by atoms with Gasteiger partial charge in [-0.15, -0.1) is 0 Å². The Hall–Kier alpha value is -1.66. The Balaban J connectivity index is 2.12. The molecule has 21 heavy (non-hydrogen) atoms. The van der Waals surface area contributed by atoms with E-state index in [-0.39, 0.29) is 12.3 Å². The van der Waals surface area contributed by atoms with Crippen molar-refractivity contribution in [3.05, 3.63) is 33.9 Å². The number of rotatable bonds is 6. The van der Waals surface area contributed by atoms with E-state index in [0.717, 1.165) is 25.3 Å². The van der Waals surface area contributed by atoms with Gasteiger partial charge in [0.25, 0.3) is 5.69 Å². The summed E-state index contributed by atoms with van der Waals surface area (Å²) in [6.45, 7) is 4.96. The second-order valence-corrected chi connectivity index (χ2v) is 5.53. The topological polar surface area (TPSA) is 69.9 Å². The molecule has 0 radical (unpaired) electrons. The quantitative estimate of drug-likeness (QED) is 0.642. The van der Waals surface area contributed by atoms with Gasteiger partial charge in [-0.2, -0.15) is 0 Å². The van der Waals surface area contributed by atoms with Crippen LogP contribution in [0.5, 0.6) is 0 Å². The van der Waals surface area contributed by atoms with Crippen molar-refractivity contribution >= 4 is 11.4 Å². The molecule has 1 aromatic carbocycles. The maximum atomic E-state index is 10.9. The number of benzene rings is 1. The van der Waals surface area contributed by atoms with E-state index in [1.807, 2.05) is 7.05 Å². The van der Waals surface area contributed by atoms with Crippen LogP contribution in [-0.4, -0.2) is 47.7 Å². The van der Waals surface area contributed by atoms with Crippen molar-refractivity contribution < 1.29 is 10.0 Å². The van der Waals surface area contributed by atoms with Gasteiger partial charge in [-0.25, -0.2) is 0 Å². The Bertz CT molecular complexity index is 507. The summed E-state index contributed by atoms with van der Waals surface area (Å²) < 4.78 is 0. The van der Waals surface area contributed by atoms with Gasteiger partial charge in [0.1, 0.15) is 0 Å². The summed E-state index contributed by atoms with van der Waals surface area (Å²) in [5.41, 5.74) is 1.25. The number of hydrogen-bond donors (Lipinski definition) is 1. The molecule has 2 rings (SSSR count). The van der Waals surface area contributed by atoms with Crippen molar-refractivity contribution in [3.8, 4) is 0 Å². The van der Waals surface area contributed by atoms with Crippen LogP contribution in [-0.2, 0) is 6.61 Å². The molecule has 1 aliphatic rings. The van der Waals surface area contributed by atoms with Crippen LogP contribution < -0.4 is 4.90 Å². The third-order valence-corrected chi connectivity index (χ3v) is 4.26. The van der Waals surface area contributed by atoms with Gasteiger partial charge in [-0.3, -0.25) is 15.0 Å². The predicted molar refractivity (Wildman–Crippen MR) is 82.6 cm³/mol. The molecular weight excluding hydrogens is 270 g/mol. The molecule has 1 aromatic rings. The number of nitro benzene ring substituents is 1. The van der Waals surface area contributed by atoms with Gasteiger partial charge < -0.3 is 10.0 Å². The fourth-order valence-electron chi connectivity index (χ4n) is 3.05. The molecule has 6 nitrogen and oxygen atoms in total. The summed E-state index contributed by atoms with van der Waals surface area (Å²) in [5, 5.41) is 20.2. The summed E-state index contributed by atoms with van der Waals surface area (Å²) in [5.74, 6) is 0. The predicted octanol–water partition coefficient (Wildman–Crippen LogP) is 2.01. The first-order chi connectivity index (χ1) is 10.1. The number of nitrogens with zero attached hydrogens (tertiary/aromatic N) is 3. The highest BCUT2D eigenvalue weighted by molar-refractivity contribution is 5.55. The number of hydrogen-bond acceptors (Lipinski definition) is 5. The summed E-state index contributed by atoms with van der Waals surface area (Å²) in [4.78, 5) is 15.0. The molecule has 0 bridgehead atoms. The lowest BCUT2D eigenvalue weighted by Gasteiger charge is -2.29. The minimum absolute atomic E-state index is 0.0225. The summed E-state index contributed by atoms with van der Waals surface area (Å²) in [6, 6.07) is 5.47. The second-order valence-electron chi connectivity index (χ2n) is 5.53. The molecule has 0 saturated carbocycles. The Morgan fingerprint density at radius 2 is 2.29 bits per heavy atom. The Morgan fingerprint density at radius 1 is 1.52 bits per heavy atom. The fraction of sp³-hybridized carbons (Fsp3) is 0.600. The molecule has 116 valence electrons. The minimum Gasteiger partial charge on any atom is -0.391 e. The van der Waals surface area contributed by atoms with Gasteiger partial charge in [0, 0.05) is 31.4 Å². The monoisotopic (exact) mass is 293 g/mol. The Labute approximate surface area is 125 Å². The molecule has 1 N–H and O–H groups in total. The summed E-state index contributed by atoms with van der Waals surface area (Å²) in [7, 11) is 1.99. The van der Waals surface area contributed by atoms with E-state index in [4.69, 9.17) is 0 Å². The van der Waals surface area contributed by atoms with Crippen molar-refractivity contribution in [2.75, 3.05) is 31.6 Å². The van der Waals surface area contributed by atoms with Crippen molar-refractivity contribution in [2.45, 2.75) is 32.4 Å². The molecule has 1 fully saturated rings. The minimum atomic E-state index is -0.453. The lowest BCUT2D eigenvalue weighted by molar-refractivity contribution is -0.385. The van der Waals surface area contributed by atoms with Gasteiger partial charge in [-0.05, 0) is 38.1 Å². The zero-order chi connectivity index (χ0) is 15.4. The number of likely N-dealkylation sites (N-methyl/N-ethyl adjacent to an activating group) is 2. The number of anilines is 1. The van der Waals surface area contributed by atoms with Crippen LogP contribution in [0.4, 0.5) is 11.4 Å². The van der Waals surface area contributed by atoms with Crippen LogP contribution in [0, 0.1) is 10.1 Å². The van der Waals surface area contributed by atoms with E-state index in [1.165, 1.54) is 18.9 Å². The van der Waals surface area contributed by atoms with Gasteiger partial charge in [0.05, 0.1) is 17.1 Å². The van der Waals surface area contributed by atoms with Crippen molar-refractivity contribution in [1.82, 2.24) is 4.90 Å². The van der Waals surface area contributed by atoms with E-state index < -0.39 is 4.92 Å². The van der Waals surface area contributed by atoms with E-state index >= 15 is 0 Å². The van der Waals surface area contributed by atoms with Gasteiger partial charge >= 0.3 is 0 Å². The zero-order valence-corrected chi connectivity index (χ0v) is 12.7. The highest BCUT2D eigenvalue weighted by atomic mass is 16.6. The molecule has 6 heteroatoms. The van der Waals surface area contributed by atoms with Crippen LogP contribution in [0.25, 0.3) is 0 Å². The number of nitro groups is 1. The van der Waals surface area contributed by atoms with Crippen molar-refractivity contribution in [3.63, 3.8) is 0 Å². The van der Waals surface area contributed by atoms with Crippen LogP contribution in [0.2, 0.25) is 0 Å². The standard InChI is InChI=1S/C15H23N3O3/c1-3-17-8-4-5-14(17)10-16(2)13-6-7-15(18(20)21)12(9-13)11-19/h6-7,9,14,19H,3-5,8,10-11H2,1-2H3. The van der Waals surface area contributed by atoms with Crippen LogP contribution >= 0.6 is 0 Å². The lowest BCUT2D eigenvalue weighted by atomic mass is 10.1. The first-order valence-electron chi connectivity index (χ1n) is 7.40. The fourth-order valence-corrected chi connectivity index (χ4v) is 3.05. The van der Waals surface area contributed by atoms with Gasteiger partial charge in [0.2, 0.25) is 0 Å². The maximum absolute atomic E-state index is 10.9. The SMILES string of the molecule is CCN1CCCC1CN(C)c1ccc([N+](=O)[O-])c(CO)c1. The average Bonchev–Trinajstić information content (AvgIpc) is 2.93. The molecule has 0 aromatic heterocycles. The summed E-state index contributed by atoms with van der Waals surface area (Å²) in [6.07, 6.45) is 2.42. The normalized spacial score (nSPS) is 18.9. The van der Waals surface area contributed by atoms with E-state index in [2.05, 4.69) is 16.7 Å². The summed E-state index contributed by atoms with van der Waals surface area (Å²) >= 11 is 0. The molecule has 1 saturated heterocycles. The van der Waals surface area contributed by atoms with Crippen molar-refractivity contribution in [1.29, 1.82) is 0 Å². The van der Waals surface area contributed by atoms with Gasteiger partial charge in [-0.1, -0.05) is 6.92 Å². The Morgan fingerprint density at radius 3 is 2.90 bits per heavy atom. The molecular formula is C15H23N3O3. The van der Waals surface area contributed by atoms with Crippen molar-refractivity contribution in [2.24, 2.45) is 0 Å². The highest BCUT2D eigenvalue weighted by Crippen LogP contribution is 2.26. The lowest BCUT2D eigenvalue weighted by Crippen LogP contribution is -2.38. The molecule has 0 amide bonds. The molecule has 1 heterocycles. The third-order valence-electron chi connectivity index (χ3n) is 4.26. The van der Waals surface area contributed by atoms with E-state index in [9.17, 15) is 15.2 Å². The first-order valence-corrected chi connectivity index (χ1v) is 7.40. The molecule has 1 unspecified atom stereocenters.